The van der Waals surface area contributed by atoms with Crippen molar-refractivity contribution < 1.29 is 8.42 Å². The second-order valence-electron chi connectivity index (χ2n) is 5.39. The molecule has 0 aromatic carbocycles. The molecule has 1 saturated carbocycles. The number of imidazole rings is 1. The number of hydrogen-bond acceptors (Lipinski definition) is 4. The molecule has 0 atom stereocenters. The lowest BCUT2D eigenvalue weighted by molar-refractivity contribution is 0.276. The molecule has 0 spiro atoms. The third-order valence-electron chi connectivity index (χ3n) is 3.91. The summed E-state index contributed by atoms with van der Waals surface area (Å²) in [5.74, 6) is 0.672. The van der Waals surface area contributed by atoms with Crippen molar-refractivity contribution in [3.05, 3.63) is 12.0 Å². The van der Waals surface area contributed by atoms with Gasteiger partial charge in [0.25, 0.3) is 10.0 Å². The first kappa shape index (κ1) is 14.5. The summed E-state index contributed by atoms with van der Waals surface area (Å²) in [7, 11) is -1.82. The normalized spacial score (nSPS) is 19.5. The predicted octanol–water partition coefficient (Wildman–Crippen LogP) is 0.668. The Hall–Kier alpha value is -0.920. The Morgan fingerprint density at radius 3 is 2.53 bits per heavy atom. The fourth-order valence-electron chi connectivity index (χ4n) is 2.57. The van der Waals surface area contributed by atoms with Gasteiger partial charge in [0.05, 0.1) is 0 Å². The fourth-order valence-corrected chi connectivity index (χ4v) is 4.08. The molecule has 0 aliphatic heterocycles. The average Bonchev–Trinajstić information content (AvgIpc) is 2.71. The van der Waals surface area contributed by atoms with Crippen LogP contribution in [-0.4, -0.2) is 30.1 Å². The van der Waals surface area contributed by atoms with Crippen LogP contribution in [0.2, 0.25) is 0 Å². The van der Waals surface area contributed by atoms with Gasteiger partial charge in [-0.1, -0.05) is 19.3 Å². The molecule has 0 amide bonds. The van der Waals surface area contributed by atoms with E-state index in [4.69, 9.17) is 5.73 Å². The van der Waals surface area contributed by atoms with Gasteiger partial charge in [-0.05, 0) is 19.8 Å². The standard InChI is InChI=1S/C12H22N4O2S/c1-10-14-11(8-16(10)2)19(17,18)15-12(9-13)6-4-3-5-7-12/h8,15H,3-7,9,13H2,1-2H3. The van der Waals surface area contributed by atoms with E-state index in [1.165, 1.54) is 6.20 Å². The maximum atomic E-state index is 12.4. The molecule has 19 heavy (non-hydrogen) atoms. The van der Waals surface area contributed by atoms with Crippen molar-refractivity contribution in [2.24, 2.45) is 12.8 Å². The molecule has 0 saturated heterocycles. The van der Waals surface area contributed by atoms with Crippen LogP contribution in [0.4, 0.5) is 0 Å². The summed E-state index contributed by atoms with van der Waals surface area (Å²) in [4.78, 5) is 4.08. The predicted molar refractivity (Wildman–Crippen MR) is 73.1 cm³/mol. The molecule has 1 aromatic rings. The van der Waals surface area contributed by atoms with Crippen molar-refractivity contribution in [1.29, 1.82) is 0 Å². The maximum absolute atomic E-state index is 12.4. The lowest BCUT2D eigenvalue weighted by atomic mass is 9.83. The van der Waals surface area contributed by atoms with E-state index in [1.54, 1.807) is 18.5 Å². The Kier molecular flexibility index (Phi) is 3.98. The highest BCUT2D eigenvalue weighted by Crippen LogP contribution is 2.28. The third kappa shape index (κ3) is 2.98. The first-order chi connectivity index (χ1) is 8.88. The molecule has 1 aliphatic rings. The van der Waals surface area contributed by atoms with Crippen molar-refractivity contribution in [3.63, 3.8) is 0 Å². The van der Waals surface area contributed by atoms with Crippen LogP contribution in [0.5, 0.6) is 0 Å². The number of nitrogens with one attached hydrogen (secondary N) is 1. The van der Waals surface area contributed by atoms with E-state index in [0.717, 1.165) is 32.1 Å². The van der Waals surface area contributed by atoms with Crippen molar-refractivity contribution in [1.82, 2.24) is 14.3 Å². The van der Waals surface area contributed by atoms with Gasteiger partial charge in [-0.15, -0.1) is 0 Å². The smallest absolute Gasteiger partial charge is 0.260 e. The first-order valence-corrected chi connectivity index (χ1v) is 8.11. The number of aryl methyl sites for hydroxylation is 2. The van der Waals surface area contributed by atoms with Crippen molar-refractivity contribution >= 4 is 10.0 Å². The van der Waals surface area contributed by atoms with Gasteiger partial charge >= 0.3 is 0 Å². The summed E-state index contributed by atoms with van der Waals surface area (Å²) in [6, 6.07) is 0. The SMILES string of the molecule is Cc1nc(S(=O)(=O)NC2(CN)CCCCC2)cn1C. The molecule has 2 rings (SSSR count). The van der Waals surface area contributed by atoms with Crippen LogP contribution in [0.1, 0.15) is 37.9 Å². The highest BCUT2D eigenvalue weighted by atomic mass is 32.2. The second-order valence-corrected chi connectivity index (χ2v) is 7.02. The monoisotopic (exact) mass is 286 g/mol. The number of sulfonamides is 1. The van der Waals surface area contributed by atoms with Gasteiger partial charge in [0.15, 0.2) is 5.03 Å². The van der Waals surface area contributed by atoms with Crippen LogP contribution in [0, 0.1) is 6.92 Å². The molecule has 1 aliphatic carbocycles. The van der Waals surface area contributed by atoms with Crippen LogP contribution in [0.3, 0.4) is 0 Å². The Morgan fingerprint density at radius 2 is 2.05 bits per heavy atom. The highest BCUT2D eigenvalue weighted by Gasteiger charge is 2.36. The summed E-state index contributed by atoms with van der Waals surface area (Å²) in [6.07, 6.45) is 6.31. The van der Waals surface area contributed by atoms with E-state index in [1.807, 2.05) is 0 Å². The Bertz CT molecular complexity index is 525. The van der Waals surface area contributed by atoms with E-state index in [9.17, 15) is 8.42 Å². The topological polar surface area (TPSA) is 90.0 Å². The van der Waals surface area contributed by atoms with Gasteiger partial charge in [-0.3, -0.25) is 0 Å². The lowest BCUT2D eigenvalue weighted by Gasteiger charge is -2.36. The zero-order valence-electron chi connectivity index (χ0n) is 11.5. The molecule has 108 valence electrons. The van der Waals surface area contributed by atoms with Gasteiger partial charge in [0.1, 0.15) is 5.82 Å². The minimum Gasteiger partial charge on any atom is -0.337 e. The van der Waals surface area contributed by atoms with E-state index in [-0.39, 0.29) is 5.03 Å². The third-order valence-corrected chi connectivity index (χ3v) is 5.36. The van der Waals surface area contributed by atoms with E-state index in [2.05, 4.69) is 9.71 Å². The summed E-state index contributed by atoms with van der Waals surface area (Å²) in [5, 5.41) is 0.0749. The van der Waals surface area contributed by atoms with E-state index < -0.39 is 15.6 Å². The molecule has 0 radical (unpaired) electrons. The highest BCUT2D eigenvalue weighted by molar-refractivity contribution is 7.89. The molecular formula is C12H22N4O2S. The quantitative estimate of drug-likeness (QED) is 0.851. The number of rotatable bonds is 4. The van der Waals surface area contributed by atoms with Gasteiger partial charge in [-0.25, -0.2) is 18.1 Å². The molecule has 7 heteroatoms. The van der Waals surface area contributed by atoms with E-state index in [0.29, 0.717) is 12.4 Å². The van der Waals surface area contributed by atoms with Crippen LogP contribution in [0.15, 0.2) is 11.2 Å². The molecule has 1 aromatic heterocycles. The molecular weight excluding hydrogens is 264 g/mol. The summed E-state index contributed by atoms with van der Waals surface area (Å²) >= 11 is 0. The van der Waals surface area contributed by atoms with Crippen molar-refractivity contribution in [2.45, 2.75) is 49.6 Å². The maximum Gasteiger partial charge on any atom is 0.260 e. The molecule has 1 fully saturated rings. The van der Waals surface area contributed by atoms with Crippen LogP contribution in [-0.2, 0) is 17.1 Å². The molecule has 0 bridgehead atoms. The zero-order chi connectivity index (χ0) is 14.1. The minimum atomic E-state index is -3.59. The minimum absolute atomic E-state index is 0.0749. The summed E-state index contributed by atoms with van der Waals surface area (Å²) in [6.45, 7) is 2.11. The molecule has 3 N–H and O–H groups in total. The largest absolute Gasteiger partial charge is 0.337 e. The summed E-state index contributed by atoms with van der Waals surface area (Å²) in [5.41, 5.74) is 5.31. The zero-order valence-corrected chi connectivity index (χ0v) is 12.3. The number of nitrogens with zero attached hydrogens (tertiary/aromatic N) is 2. The van der Waals surface area contributed by atoms with Crippen molar-refractivity contribution in [2.75, 3.05) is 6.54 Å². The number of aromatic nitrogens is 2. The number of nitrogens with two attached hydrogens (primary N) is 1. The van der Waals surface area contributed by atoms with Gasteiger partial charge < -0.3 is 10.3 Å². The molecule has 0 unspecified atom stereocenters. The van der Waals surface area contributed by atoms with Crippen LogP contribution in [0.25, 0.3) is 0 Å². The number of hydrogen-bond donors (Lipinski definition) is 2. The van der Waals surface area contributed by atoms with Gasteiger partial charge in [0.2, 0.25) is 0 Å². The van der Waals surface area contributed by atoms with Crippen LogP contribution < -0.4 is 10.5 Å². The average molecular weight is 286 g/mol. The second kappa shape index (κ2) is 5.22. The Balaban J connectivity index is 2.24. The fraction of sp³-hybridized carbons (Fsp3) is 0.750. The van der Waals surface area contributed by atoms with Gasteiger partial charge in [-0.2, -0.15) is 0 Å². The molecule has 6 nitrogen and oxygen atoms in total. The lowest BCUT2D eigenvalue weighted by Crippen LogP contribution is -2.54. The molecule has 1 heterocycles. The van der Waals surface area contributed by atoms with Crippen LogP contribution >= 0.6 is 0 Å². The first-order valence-electron chi connectivity index (χ1n) is 6.63. The van der Waals surface area contributed by atoms with Crippen molar-refractivity contribution in [3.8, 4) is 0 Å². The van der Waals surface area contributed by atoms with E-state index >= 15 is 0 Å². The summed E-state index contributed by atoms with van der Waals surface area (Å²) < 4.78 is 29.3. The van der Waals surface area contributed by atoms with Gasteiger partial charge in [0, 0.05) is 25.3 Å². The Labute approximate surface area is 114 Å². The Morgan fingerprint density at radius 1 is 1.42 bits per heavy atom.